The maximum Gasteiger partial charge on any atom is 0.223 e. The van der Waals surface area contributed by atoms with Gasteiger partial charge in [-0.05, 0) is 37.3 Å². The molecule has 3 heteroatoms. The number of benzene rings is 1. The Morgan fingerprint density at radius 2 is 2.12 bits per heavy atom. The Balaban J connectivity index is 1.93. The van der Waals surface area contributed by atoms with E-state index in [0.29, 0.717) is 0 Å². The number of rotatable bonds is 3. The largest absolute Gasteiger partial charge is 0.399 e. The molecule has 1 atom stereocenters. The minimum atomic E-state index is 0.164. The Kier molecular flexibility index (Phi) is 4.02. The predicted molar refractivity (Wildman–Crippen MR) is 69.5 cm³/mol. The zero-order chi connectivity index (χ0) is 12.1. The molecule has 92 valence electrons. The number of nitrogens with two attached hydrogens (primary N) is 1. The lowest BCUT2D eigenvalue weighted by molar-refractivity contribution is -0.124. The molecule has 3 N–H and O–H groups in total. The first-order valence-corrected chi connectivity index (χ1v) is 6.38. The highest BCUT2D eigenvalue weighted by Crippen LogP contribution is 2.20. The SMILES string of the molecule is Nc1ccccc1CC[C@H]1CCCCNC1=O. The third-order valence-electron chi connectivity index (χ3n) is 3.47. The second kappa shape index (κ2) is 5.71. The number of hydrogen-bond acceptors (Lipinski definition) is 2. The first kappa shape index (κ1) is 12.0. The fraction of sp³-hybridized carbons (Fsp3) is 0.500. The van der Waals surface area contributed by atoms with Gasteiger partial charge in [0.1, 0.15) is 0 Å². The summed E-state index contributed by atoms with van der Waals surface area (Å²) in [4.78, 5) is 11.8. The molecule has 1 amide bonds. The summed E-state index contributed by atoms with van der Waals surface area (Å²) in [7, 11) is 0. The third kappa shape index (κ3) is 3.22. The number of amides is 1. The predicted octanol–water partition coefficient (Wildman–Crippen LogP) is 2.12. The number of hydrogen-bond donors (Lipinski definition) is 2. The topological polar surface area (TPSA) is 55.1 Å². The molecular formula is C14H20N2O. The van der Waals surface area contributed by atoms with E-state index in [1.54, 1.807) is 0 Å². The fourth-order valence-electron chi connectivity index (χ4n) is 2.37. The molecule has 1 aromatic carbocycles. The summed E-state index contributed by atoms with van der Waals surface area (Å²) in [5.41, 5.74) is 7.89. The molecule has 1 saturated heterocycles. The summed E-state index contributed by atoms with van der Waals surface area (Å²) < 4.78 is 0. The summed E-state index contributed by atoms with van der Waals surface area (Å²) in [5.74, 6) is 0.383. The maximum absolute atomic E-state index is 11.8. The van der Waals surface area contributed by atoms with Crippen LogP contribution in [0.2, 0.25) is 0 Å². The van der Waals surface area contributed by atoms with Crippen molar-refractivity contribution in [1.29, 1.82) is 0 Å². The summed E-state index contributed by atoms with van der Waals surface area (Å²) >= 11 is 0. The molecular weight excluding hydrogens is 212 g/mol. The molecule has 0 bridgehead atoms. The highest BCUT2D eigenvalue weighted by Gasteiger charge is 2.20. The number of aryl methyl sites for hydroxylation is 1. The van der Waals surface area contributed by atoms with Gasteiger partial charge in [0.25, 0.3) is 0 Å². The molecule has 1 aliphatic rings. The minimum Gasteiger partial charge on any atom is -0.399 e. The van der Waals surface area contributed by atoms with Crippen molar-refractivity contribution in [3.63, 3.8) is 0 Å². The number of carbonyl (C=O) groups is 1. The molecule has 2 rings (SSSR count). The lowest BCUT2D eigenvalue weighted by Crippen LogP contribution is -2.29. The molecule has 0 aliphatic carbocycles. The van der Waals surface area contributed by atoms with Crippen LogP contribution in [0.5, 0.6) is 0 Å². The smallest absolute Gasteiger partial charge is 0.223 e. The molecule has 1 fully saturated rings. The summed E-state index contributed by atoms with van der Waals surface area (Å²) in [6.45, 7) is 0.836. The normalized spacial score (nSPS) is 20.7. The number of anilines is 1. The monoisotopic (exact) mass is 232 g/mol. The van der Waals surface area contributed by atoms with Crippen LogP contribution in [0.3, 0.4) is 0 Å². The van der Waals surface area contributed by atoms with Crippen molar-refractivity contribution < 1.29 is 4.79 Å². The van der Waals surface area contributed by atoms with Gasteiger partial charge >= 0.3 is 0 Å². The van der Waals surface area contributed by atoms with Gasteiger partial charge in [-0.2, -0.15) is 0 Å². The van der Waals surface area contributed by atoms with Crippen LogP contribution in [-0.2, 0) is 11.2 Å². The zero-order valence-corrected chi connectivity index (χ0v) is 10.1. The van der Waals surface area contributed by atoms with Gasteiger partial charge in [-0.15, -0.1) is 0 Å². The van der Waals surface area contributed by atoms with Crippen molar-refractivity contribution in [3.8, 4) is 0 Å². The van der Waals surface area contributed by atoms with Crippen LogP contribution < -0.4 is 11.1 Å². The average Bonchev–Trinajstić information content (AvgIpc) is 2.53. The van der Waals surface area contributed by atoms with Gasteiger partial charge < -0.3 is 11.1 Å². The van der Waals surface area contributed by atoms with Crippen LogP contribution >= 0.6 is 0 Å². The second-order valence-electron chi connectivity index (χ2n) is 4.72. The highest BCUT2D eigenvalue weighted by molar-refractivity contribution is 5.78. The molecule has 0 saturated carbocycles. The Morgan fingerprint density at radius 3 is 2.94 bits per heavy atom. The number of nitrogen functional groups attached to an aromatic ring is 1. The first-order chi connectivity index (χ1) is 8.27. The van der Waals surface area contributed by atoms with Crippen molar-refractivity contribution in [2.75, 3.05) is 12.3 Å². The fourth-order valence-corrected chi connectivity index (χ4v) is 2.37. The van der Waals surface area contributed by atoms with Gasteiger partial charge in [-0.3, -0.25) is 4.79 Å². The molecule has 3 nitrogen and oxygen atoms in total. The van der Waals surface area contributed by atoms with Crippen LogP contribution in [-0.4, -0.2) is 12.5 Å². The van der Waals surface area contributed by atoms with Crippen LogP contribution in [0, 0.1) is 5.92 Å². The summed E-state index contributed by atoms with van der Waals surface area (Å²) in [6.07, 6.45) is 5.06. The Hall–Kier alpha value is -1.51. The van der Waals surface area contributed by atoms with E-state index in [9.17, 15) is 4.79 Å². The number of nitrogens with one attached hydrogen (secondary N) is 1. The molecule has 0 unspecified atom stereocenters. The second-order valence-corrected chi connectivity index (χ2v) is 4.72. The van der Waals surface area contributed by atoms with Crippen molar-refractivity contribution in [1.82, 2.24) is 5.32 Å². The van der Waals surface area contributed by atoms with Crippen molar-refractivity contribution in [3.05, 3.63) is 29.8 Å². The van der Waals surface area contributed by atoms with Crippen LogP contribution in [0.15, 0.2) is 24.3 Å². The van der Waals surface area contributed by atoms with Crippen LogP contribution in [0.1, 0.15) is 31.2 Å². The van der Waals surface area contributed by atoms with Gasteiger partial charge in [0.2, 0.25) is 5.91 Å². The van der Waals surface area contributed by atoms with E-state index in [-0.39, 0.29) is 11.8 Å². The van der Waals surface area contributed by atoms with Gasteiger partial charge in [-0.25, -0.2) is 0 Å². The van der Waals surface area contributed by atoms with E-state index in [0.717, 1.165) is 49.9 Å². The van der Waals surface area contributed by atoms with E-state index < -0.39 is 0 Å². The quantitative estimate of drug-likeness (QED) is 0.784. The standard InChI is InChI=1S/C14H20N2O/c15-13-7-2-1-5-11(13)8-9-12-6-3-4-10-16-14(12)17/h1-2,5,7,12H,3-4,6,8-10,15H2,(H,16,17)/t12-/m1/s1. The Bertz CT molecular complexity index is 390. The molecule has 1 aliphatic heterocycles. The average molecular weight is 232 g/mol. The number of carbonyl (C=O) groups excluding carboxylic acids is 1. The molecule has 0 spiro atoms. The molecule has 0 aromatic heterocycles. The van der Waals surface area contributed by atoms with E-state index in [1.165, 1.54) is 0 Å². The Morgan fingerprint density at radius 1 is 1.29 bits per heavy atom. The maximum atomic E-state index is 11.8. The third-order valence-corrected chi connectivity index (χ3v) is 3.47. The lowest BCUT2D eigenvalue weighted by atomic mass is 9.94. The van der Waals surface area contributed by atoms with Crippen LogP contribution in [0.25, 0.3) is 0 Å². The van der Waals surface area contributed by atoms with Gasteiger partial charge in [-0.1, -0.05) is 24.6 Å². The van der Waals surface area contributed by atoms with Crippen molar-refractivity contribution >= 4 is 11.6 Å². The van der Waals surface area contributed by atoms with Crippen molar-refractivity contribution in [2.45, 2.75) is 32.1 Å². The van der Waals surface area contributed by atoms with Crippen molar-refractivity contribution in [2.24, 2.45) is 5.92 Å². The molecule has 0 radical (unpaired) electrons. The summed E-state index contributed by atoms with van der Waals surface area (Å²) in [5, 5.41) is 2.98. The van der Waals surface area contributed by atoms with E-state index in [2.05, 4.69) is 5.32 Å². The van der Waals surface area contributed by atoms with Gasteiger partial charge in [0.15, 0.2) is 0 Å². The zero-order valence-electron chi connectivity index (χ0n) is 10.1. The molecule has 1 aromatic rings. The first-order valence-electron chi connectivity index (χ1n) is 6.38. The molecule has 1 heterocycles. The van der Waals surface area contributed by atoms with E-state index in [4.69, 9.17) is 5.73 Å². The minimum absolute atomic E-state index is 0.164. The number of para-hydroxylation sites is 1. The summed E-state index contributed by atoms with van der Waals surface area (Å²) in [6, 6.07) is 7.91. The van der Waals surface area contributed by atoms with Gasteiger partial charge in [0, 0.05) is 18.2 Å². The van der Waals surface area contributed by atoms with Gasteiger partial charge in [0.05, 0.1) is 0 Å². The highest BCUT2D eigenvalue weighted by atomic mass is 16.1. The van der Waals surface area contributed by atoms with Crippen LogP contribution in [0.4, 0.5) is 5.69 Å². The van der Waals surface area contributed by atoms with E-state index >= 15 is 0 Å². The molecule has 17 heavy (non-hydrogen) atoms. The van der Waals surface area contributed by atoms with E-state index in [1.807, 2.05) is 24.3 Å². The Labute approximate surface area is 102 Å². The lowest BCUT2D eigenvalue weighted by Gasteiger charge is -2.13.